The molecule has 92 valence electrons. The largest absolute Gasteiger partial charge is 0.369 e. The van der Waals surface area contributed by atoms with Gasteiger partial charge in [0.2, 0.25) is 5.91 Å². The van der Waals surface area contributed by atoms with Gasteiger partial charge >= 0.3 is 0 Å². The summed E-state index contributed by atoms with van der Waals surface area (Å²) in [5.41, 5.74) is 5.36. The van der Waals surface area contributed by atoms with Crippen LogP contribution in [-0.4, -0.2) is 29.0 Å². The van der Waals surface area contributed by atoms with Crippen molar-refractivity contribution in [3.63, 3.8) is 0 Å². The fraction of sp³-hybridized carbons (Fsp3) is 0.545. The van der Waals surface area contributed by atoms with Crippen molar-refractivity contribution in [3.05, 3.63) is 16.5 Å². The molecule has 1 aliphatic heterocycles. The molecule has 0 radical (unpaired) electrons. The van der Waals surface area contributed by atoms with Crippen molar-refractivity contribution in [2.24, 2.45) is 11.7 Å². The highest BCUT2D eigenvalue weighted by atomic mass is 79.9. The van der Waals surface area contributed by atoms with Crippen LogP contribution < -0.4 is 10.6 Å². The topological polar surface area (TPSA) is 72.1 Å². The van der Waals surface area contributed by atoms with E-state index in [1.807, 2.05) is 13.0 Å². The highest BCUT2D eigenvalue weighted by molar-refractivity contribution is 9.10. The quantitative estimate of drug-likeness (QED) is 0.834. The SMILES string of the molecule is Cc1nc(Br)cc(N2CCCC(C(N)=O)C2)n1. The summed E-state index contributed by atoms with van der Waals surface area (Å²) in [7, 11) is 0. The van der Waals surface area contributed by atoms with Crippen molar-refractivity contribution >= 4 is 27.7 Å². The van der Waals surface area contributed by atoms with Crippen LogP contribution in [0.15, 0.2) is 10.7 Å². The molecule has 1 aromatic rings. The number of aromatic nitrogens is 2. The summed E-state index contributed by atoms with van der Waals surface area (Å²) in [5, 5.41) is 0. The van der Waals surface area contributed by atoms with Gasteiger partial charge in [-0.2, -0.15) is 0 Å². The molecule has 1 aliphatic rings. The Morgan fingerprint density at radius 1 is 1.59 bits per heavy atom. The summed E-state index contributed by atoms with van der Waals surface area (Å²) in [6.45, 7) is 3.41. The second-order valence-electron chi connectivity index (χ2n) is 4.28. The Morgan fingerprint density at radius 3 is 3.00 bits per heavy atom. The summed E-state index contributed by atoms with van der Waals surface area (Å²) >= 11 is 3.35. The number of nitrogens with zero attached hydrogens (tertiary/aromatic N) is 3. The van der Waals surface area contributed by atoms with E-state index in [4.69, 9.17) is 5.73 Å². The number of primary amides is 1. The molecule has 2 N–H and O–H groups in total. The first-order valence-electron chi connectivity index (χ1n) is 5.61. The van der Waals surface area contributed by atoms with Gasteiger partial charge in [-0.25, -0.2) is 9.97 Å². The minimum absolute atomic E-state index is 0.0715. The minimum atomic E-state index is -0.223. The van der Waals surface area contributed by atoms with E-state index in [2.05, 4.69) is 30.8 Å². The summed E-state index contributed by atoms with van der Waals surface area (Å²) in [6, 6.07) is 1.87. The summed E-state index contributed by atoms with van der Waals surface area (Å²) in [5.74, 6) is 1.28. The van der Waals surface area contributed by atoms with Crippen molar-refractivity contribution < 1.29 is 4.79 Å². The van der Waals surface area contributed by atoms with Crippen molar-refractivity contribution in [3.8, 4) is 0 Å². The minimum Gasteiger partial charge on any atom is -0.369 e. The molecule has 0 spiro atoms. The van der Waals surface area contributed by atoms with Gasteiger partial charge in [0.25, 0.3) is 0 Å². The molecule has 0 saturated carbocycles. The number of anilines is 1. The lowest BCUT2D eigenvalue weighted by molar-refractivity contribution is -0.122. The van der Waals surface area contributed by atoms with Crippen LogP contribution in [-0.2, 0) is 4.79 Å². The van der Waals surface area contributed by atoms with Gasteiger partial charge in [0, 0.05) is 19.2 Å². The Balaban J connectivity index is 2.18. The average molecular weight is 299 g/mol. The van der Waals surface area contributed by atoms with E-state index in [0.29, 0.717) is 6.54 Å². The normalized spacial score (nSPS) is 20.4. The number of hydrogen-bond acceptors (Lipinski definition) is 4. The first kappa shape index (κ1) is 12.3. The number of piperidine rings is 1. The number of amides is 1. The van der Waals surface area contributed by atoms with E-state index < -0.39 is 0 Å². The van der Waals surface area contributed by atoms with Crippen LogP contribution >= 0.6 is 15.9 Å². The Hall–Kier alpha value is -1.17. The van der Waals surface area contributed by atoms with Crippen LogP contribution in [0.25, 0.3) is 0 Å². The van der Waals surface area contributed by atoms with Crippen LogP contribution in [0.1, 0.15) is 18.7 Å². The molecule has 2 rings (SSSR count). The van der Waals surface area contributed by atoms with Gasteiger partial charge in [0.15, 0.2) is 0 Å². The van der Waals surface area contributed by atoms with E-state index in [1.165, 1.54) is 0 Å². The number of carbonyl (C=O) groups excluding carboxylic acids is 1. The molecule has 1 fully saturated rings. The predicted molar refractivity (Wildman–Crippen MR) is 68.6 cm³/mol. The summed E-state index contributed by atoms with van der Waals surface area (Å²) < 4.78 is 0.765. The monoisotopic (exact) mass is 298 g/mol. The van der Waals surface area contributed by atoms with E-state index in [9.17, 15) is 4.79 Å². The highest BCUT2D eigenvalue weighted by Crippen LogP contribution is 2.23. The number of nitrogens with two attached hydrogens (primary N) is 1. The van der Waals surface area contributed by atoms with Crippen molar-refractivity contribution in [1.82, 2.24) is 9.97 Å². The maximum Gasteiger partial charge on any atom is 0.222 e. The first-order valence-corrected chi connectivity index (χ1v) is 6.41. The molecule has 0 bridgehead atoms. The molecular weight excluding hydrogens is 284 g/mol. The number of carbonyl (C=O) groups is 1. The lowest BCUT2D eigenvalue weighted by Gasteiger charge is -2.32. The van der Waals surface area contributed by atoms with Crippen LogP contribution in [0.3, 0.4) is 0 Å². The fourth-order valence-corrected chi connectivity index (χ4v) is 2.56. The third-order valence-electron chi connectivity index (χ3n) is 2.94. The molecule has 1 saturated heterocycles. The van der Waals surface area contributed by atoms with Crippen LogP contribution in [0.5, 0.6) is 0 Å². The van der Waals surface area contributed by atoms with Gasteiger partial charge in [-0.3, -0.25) is 4.79 Å². The van der Waals surface area contributed by atoms with Gasteiger partial charge < -0.3 is 10.6 Å². The molecular formula is C11H15BrN4O. The van der Waals surface area contributed by atoms with Crippen molar-refractivity contribution in [1.29, 1.82) is 0 Å². The van der Waals surface area contributed by atoms with Gasteiger partial charge in [-0.1, -0.05) is 0 Å². The first-order chi connectivity index (χ1) is 8.06. The molecule has 1 unspecified atom stereocenters. The van der Waals surface area contributed by atoms with E-state index in [0.717, 1.165) is 35.6 Å². The van der Waals surface area contributed by atoms with Gasteiger partial charge in [0.1, 0.15) is 16.2 Å². The fourth-order valence-electron chi connectivity index (χ4n) is 2.10. The molecule has 2 heterocycles. The standard InChI is InChI=1S/C11H15BrN4O/c1-7-14-9(12)5-10(15-7)16-4-2-3-8(6-16)11(13)17/h5,8H,2-4,6H2,1H3,(H2,13,17). The number of rotatable bonds is 2. The maximum absolute atomic E-state index is 11.2. The molecule has 0 aliphatic carbocycles. The zero-order valence-corrected chi connectivity index (χ0v) is 11.3. The molecule has 1 amide bonds. The van der Waals surface area contributed by atoms with E-state index >= 15 is 0 Å². The summed E-state index contributed by atoms with van der Waals surface area (Å²) in [4.78, 5) is 21.9. The predicted octanol–water partition coefficient (Wildman–Crippen LogP) is 1.25. The zero-order valence-electron chi connectivity index (χ0n) is 9.69. The van der Waals surface area contributed by atoms with E-state index in [-0.39, 0.29) is 11.8 Å². The van der Waals surface area contributed by atoms with Crippen LogP contribution in [0.2, 0.25) is 0 Å². The lowest BCUT2D eigenvalue weighted by atomic mass is 9.97. The van der Waals surface area contributed by atoms with E-state index in [1.54, 1.807) is 0 Å². The molecule has 6 heteroatoms. The Kier molecular flexibility index (Phi) is 3.61. The zero-order chi connectivity index (χ0) is 12.4. The van der Waals surface area contributed by atoms with Crippen LogP contribution in [0.4, 0.5) is 5.82 Å². The lowest BCUT2D eigenvalue weighted by Crippen LogP contribution is -2.41. The van der Waals surface area contributed by atoms with Gasteiger partial charge in [0.05, 0.1) is 5.92 Å². The third kappa shape index (κ3) is 2.94. The Morgan fingerprint density at radius 2 is 2.35 bits per heavy atom. The molecule has 0 aromatic carbocycles. The van der Waals surface area contributed by atoms with Gasteiger partial charge in [-0.05, 0) is 35.7 Å². The van der Waals surface area contributed by atoms with Crippen molar-refractivity contribution in [2.45, 2.75) is 19.8 Å². The molecule has 17 heavy (non-hydrogen) atoms. The Labute approximate surface area is 109 Å². The maximum atomic E-state index is 11.2. The molecule has 1 atom stereocenters. The van der Waals surface area contributed by atoms with Gasteiger partial charge in [-0.15, -0.1) is 0 Å². The number of halogens is 1. The second kappa shape index (κ2) is 5.00. The third-order valence-corrected chi connectivity index (χ3v) is 3.35. The van der Waals surface area contributed by atoms with Crippen LogP contribution in [0, 0.1) is 12.8 Å². The smallest absolute Gasteiger partial charge is 0.222 e. The average Bonchev–Trinajstić information content (AvgIpc) is 2.28. The number of aryl methyl sites for hydroxylation is 1. The van der Waals surface area contributed by atoms with Crippen molar-refractivity contribution in [2.75, 3.05) is 18.0 Å². The summed E-state index contributed by atoms with van der Waals surface area (Å²) in [6.07, 6.45) is 1.84. The second-order valence-corrected chi connectivity index (χ2v) is 5.10. The molecule has 5 nitrogen and oxygen atoms in total. The Bertz CT molecular complexity index is 417. The number of hydrogen-bond donors (Lipinski definition) is 1. The molecule has 1 aromatic heterocycles. The highest BCUT2D eigenvalue weighted by Gasteiger charge is 2.25.